The number of ether oxygens (including phenoxy) is 1. The van der Waals surface area contributed by atoms with Crippen molar-refractivity contribution in [3.05, 3.63) is 30.6 Å². The molecule has 1 heterocycles. The zero-order valence-electron chi connectivity index (χ0n) is 10.2. The van der Waals surface area contributed by atoms with Crippen LogP contribution in [0.1, 0.15) is 13.8 Å². The van der Waals surface area contributed by atoms with Gasteiger partial charge in [-0.3, -0.25) is 0 Å². The minimum absolute atomic E-state index is 0.673. The van der Waals surface area contributed by atoms with Crippen LogP contribution >= 0.6 is 0 Å². The van der Waals surface area contributed by atoms with E-state index >= 15 is 0 Å². The third-order valence-corrected chi connectivity index (χ3v) is 2.66. The molecular weight excluding hydrogens is 214 g/mol. The van der Waals surface area contributed by atoms with Crippen molar-refractivity contribution >= 4 is 5.82 Å². The maximum absolute atomic E-state index is 6.01. The van der Waals surface area contributed by atoms with E-state index in [-0.39, 0.29) is 0 Å². The normalized spacial score (nSPS) is 10.5. The molecule has 0 radical (unpaired) electrons. The van der Waals surface area contributed by atoms with Gasteiger partial charge in [-0.05, 0) is 38.1 Å². The molecule has 0 saturated heterocycles. The average Bonchev–Trinajstić information content (AvgIpc) is 2.72. The fourth-order valence-electron chi connectivity index (χ4n) is 1.74. The van der Waals surface area contributed by atoms with Gasteiger partial charge >= 0.3 is 0 Å². The number of anilines is 1. The molecule has 1 aromatic heterocycles. The number of hydrogen-bond donors (Lipinski definition) is 1. The van der Waals surface area contributed by atoms with Crippen molar-refractivity contribution in [1.82, 2.24) is 9.55 Å². The van der Waals surface area contributed by atoms with Crippen molar-refractivity contribution in [1.29, 1.82) is 0 Å². The van der Waals surface area contributed by atoms with Crippen LogP contribution in [0.25, 0.3) is 11.3 Å². The lowest BCUT2D eigenvalue weighted by molar-refractivity contribution is 0.340. The van der Waals surface area contributed by atoms with Gasteiger partial charge in [0.25, 0.3) is 0 Å². The van der Waals surface area contributed by atoms with Gasteiger partial charge in [-0.2, -0.15) is 0 Å². The van der Waals surface area contributed by atoms with Gasteiger partial charge in [-0.1, -0.05) is 0 Å². The Morgan fingerprint density at radius 2 is 1.94 bits per heavy atom. The summed E-state index contributed by atoms with van der Waals surface area (Å²) in [5, 5.41) is 0. The first kappa shape index (κ1) is 11.5. The summed E-state index contributed by atoms with van der Waals surface area (Å²) in [4.78, 5) is 4.33. The Labute approximate surface area is 101 Å². The van der Waals surface area contributed by atoms with Crippen molar-refractivity contribution in [2.45, 2.75) is 20.4 Å². The Balaban J connectivity index is 2.30. The number of imidazole rings is 1. The molecule has 0 atom stereocenters. The number of aromatic nitrogens is 2. The van der Waals surface area contributed by atoms with E-state index < -0.39 is 0 Å². The summed E-state index contributed by atoms with van der Waals surface area (Å²) in [7, 11) is 0. The number of rotatable bonds is 4. The van der Waals surface area contributed by atoms with Crippen LogP contribution in [0, 0.1) is 0 Å². The molecule has 0 aliphatic heterocycles. The second kappa shape index (κ2) is 4.91. The highest BCUT2D eigenvalue weighted by Gasteiger charge is 2.08. The molecule has 4 heteroatoms. The number of nitrogen functional groups attached to an aromatic ring is 1. The quantitative estimate of drug-likeness (QED) is 0.879. The smallest absolute Gasteiger partial charge is 0.131 e. The van der Waals surface area contributed by atoms with Crippen LogP contribution in [0.5, 0.6) is 5.75 Å². The van der Waals surface area contributed by atoms with Gasteiger partial charge in [0.15, 0.2) is 0 Å². The molecule has 0 saturated carbocycles. The number of benzene rings is 1. The summed E-state index contributed by atoms with van der Waals surface area (Å²) in [5.41, 5.74) is 7.85. The molecule has 0 unspecified atom stereocenters. The van der Waals surface area contributed by atoms with Crippen LogP contribution in [-0.4, -0.2) is 16.2 Å². The monoisotopic (exact) mass is 231 g/mol. The van der Waals surface area contributed by atoms with E-state index in [2.05, 4.69) is 4.98 Å². The number of aryl methyl sites for hydroxylation is 1. The molecule has 0 aliphatic rings. The Hall–Kier alpha value is -1.97. The van der Waals surface area contributed by atoms with Gasteiger partial charge in [-0.15, -0.1) is 0 Å². The molecule has 17 heavy (non-hydrogen) atoms. The second-order valence-corrected chi connectivity index (χ2v) is 3.72. The van der Waals surface area contributed by atoms with Gasteiger partial charge in [0.2, 0.25) is 0 Å². The predicted molar refractivity (Wildman–Crippen MR) is 68.9 cm³/mol. The van der Waals surface area contributed by atoms with E-state index in [4.69, 9.17) is 10.5 Å². The van der Waals surface area contributed by atoms with Gasteiger partial charge in [0, 0.05) is 12.1 Å². The Morgan fingerprint density at radius 3 is 2.47 bits per heavy atom. The van der Waals surface area contributed by atoms with Crippen LogP contribution in [0.4, 0.5) is 5.82 Å². The lowest BCUT2D eigenvalue weighted by Gasteiger charge is -2.05. The third-order valence-electron chi connectivity index (χ3n) is 2.66. The van der Waals surface area contributed by atoms with Crippen molar-refractivity contribution < 1.29 is 4.74 Å². The molecule has 0 spiro atoms. The molecular formula is C13H17N3O. The number of nitrogens with zero attached hydrogens (tertiary/aromatic N) is 2. The standard InChI is InChI=1S/C13H17N3O/c1-3-16-9-15-12(13(16)14)10-5-7-11(8-6-10)17-4-2/h5-9H,3-4,14H2,1-2H3. The maximum Gasteiger partial charge on any atom is 0.131 e. The lowest BCUT2D eigenvalue weighted by atomic mass is 10.1. The molecule has 0 aliphatic carbocycles. The fourth-order valence-corrected chi connectivity index (χ4v) is 1.74. The highest BCUT2D eigenvalue weighted by Crippen LogP contribution is 2.26. The first-order chi connectivity index (χ1) is 8.26. The Bertz CT molecular complexity index is 488. The molecule has 4 nitrogen and oxygen atoms in total. The molecule has 2 aromatic rings. The van der Waals surface area contributed by atoms with E-state index in [9.17, 15) is 0 Å². The summed E-state index contributed by atoms with van der Waals surface area (Å²) in [5.74, 6) is 1.57. The van der Waals surface area contributed by atoms with E-state index in [1.807, 2.05) is 42.7 Å². The van der Waals surface area contributed by atoms with Crippen LogP contribution in [0.15, 0.2) is 30.6 Å². The summed E-state index contributed by atoms with van der Waals surface area (Å²) in [6.07, 6.45) is 1.77. The summed E-state index contributed by atoms with van der Waals surface area (Å²) < 4.78 is 7.32. The molecule has 90 valence electrons. The number of nitrogens with two attached hydrogens (primary N) is 1. The minimum Gasteiger partial charge on any atom is -0.494 e. The summed E-state index contributed by atoms with van der Waals surface area (Å²) in [6, 6.07) is 7.82. The van der Waals surface area contributed by atoms with Gasteiger partial charge in [-0.25, -0.2) is 4.98 Å². The van der Waals surface area contributed by atoms with Crippen LogP contribution in [-0.2, 0) is 6.54 Å². The fraction of sp³-hybridized carbons (Fsp3) is 0.308. The predicted octanol–water partition coefficient (Wildman–Crippen LogP) is 2.55. The zero-order valence-corrected chi connectivity index (χ0v) is 10.2. The third kappa shape index (κ3) is 2.25. The SMILES string of the molecule is CCOc1ccc(-c2ncn(CC)c2N)cc1. The van der Waals surface area contributed by atoms with Crippen molar-refractivity contribution in [3.8, 4) is 17.0 Å². The van der Waals surface area contributed by atoms with E-state index in [1.165, 1.54) is 0 Å². The average molecular weight is 231 g/mol. The molecule has 2 rings (SSSR count). The van der Waals surface area contributed by atoms with Crippen LogP contribution < -0.4 is 10.5 Å². The minimum atomic E-state index is 0.673. The topological polar surface area (TPSA) is 53.1 Å². The second-order valence-electron chi connectivity index (χ2n) is 3.72. The Morgan fingerprint density at radius 1 is 1.24 bits per heavy atom. The van der Waals surface area contributed by atoms with Gasteiger partial charge in [0.1, 0.15) is 17.3 Å². The van der Waals surface area contributed by atoms with Gasteiger partial charge < -0.3 is 15.0 Å². The first-order valence-corrected chi connectivity index (χ1v) is 5.80. The largest absolute Gasteiger partial charge is 0.494 e. The molecule has 0 amide bonds. The van der Waals surface area contributed by atoms with E-state index in [0.29, 0.717) is 12.4 Å². The van der Waals surface area contributed by atoms with E-state index in [0.717, 1.165) is 23.6 Å². The van der Waals surface area contributed by atoms with Gasteiger partial charge in [0.05, 0.1) is 12.9 Å². The van der Waals surface area contributed by atoms with Crippen molar-refractivity contribution in [3.63, 3.8) is 0 Å². The lowest BCUT2D eigenvalue weighted by Crippen LogP contribution is -1.99. The Kier molecular flexibility index (Phi) is 3.32. The number of hydrogen-bond acceptors (Lipinski definition) is 3. The van der Waals surface area contributed by atoms with E-state index in [1.54, 1.807) is 6.33 Å². The molecule has 0 fully saturated rings. The summed E-state index contributed by atoms with van der Waals surface area (Å²) >= 11 is 0. The molecule has 1 aromatic carbocycles. The van der Waals surface area contributed by atoms with Crippen molar-refractivity contribution in [2.24, 2.45) is 0 Å². The highest BCUT2D eigenvalue weighted by atomic mass is 16.5. The maximum atomic E-state index is 6.01. The first-order valence-electron chi connectivity index (χ1n) is 5.80. The van der Waals surface area contributed by atoms with Crippen LogP contribution in [0.3, 0.4) is 0 Å². The van der Waals surface area contributed by atoms with Crippen molar-refractivity contribution in [2.75, 3.05) is 12.3 Å². The molecule has 0 bridgehead atoms. The zero-order chi connectivity index (χ0) is 12.3. The van der Waals surface area contributed by atoms with Crippen LogP contribution in [0.2, 0.25) is 0 Å². The molecule has 2 N–H and O–H groups in total. The summed E-state index contributed by atoms with van der Waals surface area (Å²) in [6.45, 7) is 5.51. The highest BCUT2D eigenvalue weighted by molar-refractivity contribution is 5.70.